The van der Waals surface area contributed by atoms with Crippen LogP contribution < -0.4 is 10.1 Å². The van der Waals surface area contributed by atoms with E-state index in [4.69, 9.17) is 4.74 Å². The van der Waals surface area contributed by atoms with Gasteiger partial charge >= 0.3 is 0 Å². The second kappa shape index (κ2) is 24.0. The van der Waals surface area contributed by atoms with E-state index in [2.05, 4.69) is 103 Å². The molecule has 292 valence electrons. The van der Waals surface area contributed by atoms with Crippen LogP contribution in [-0.4, -0.2) is 37.2 Å². The Hall–Kier alpha value is -2.62. The summed E-state index contributed by atoms with van der Waals surface area (Å²) in [5.74, 6) is 2.46. The van der Waals surface area contributed by atoms with Crippen LogP contribution in [0.25, 0.3) is 0 Å². The van der Waals surface area contributed by atoms with Gasteiger partial charge in [-0.1, -0.05) is 202 Å². The van der Waals surface area contributed by atoms with Crippen molar-refractivity contribution in [3.05, 3.63) is 101 Å². The number of hydrogen-bond acceptors (Lipinski definition) is 3. The molecule has 3 heteroatoms. The van der Waals surface area contributed by atoms with Crippen molar-refractivity contribution < 1.29 is 4.74 Å². The third kappa shape index (κ3) is 13.6. The zero-order valence-corrected chi connectivity index (χ0v) is 34.2. The number of fused-ring (bicyclic) bond motifs is 3. The Morgan fingerprint density at radius 3 is 1.55 bits per heavy atom. The van der Waals surface area contributed by atoms with Crippen LogP contribution in [0.1, 0.15) is 183 Å². The first-order valence-corrected chi connectivity index (χ1v) is 22.4. The number of methoxy groups -OCH3 is 1. The topological polar surface area (TPSA) is 24.5 Å². The summed E-state index contributed by atoms with van der Waals surface area (Å²) in [7, 11) is 1.83. The van der Waals surface area contributed by atoms with Crippen molar-refractivity contribution in [3.8, 4) is 5.75 Å². The molecular weight excluding hydrogens is 645 g/mol. The van der Waals surface area contributed by atoms with Crippen molar-refractivity contribution in [2.75, 3.05) is 20.2 Å². The van der Waals surface area contributed by atoms with Crippen LogP contribution in [0, 0.1) is 5.92 Å². The lowest BCUT2D eigenvalue weighted by Gasteiger charge is -2.50. The monoisotopic (exact) mass is 721 g/mol. The van der Waals surface area contributed by atoms with Gasteiger partial charge in [0.2, 0.25) is 0 Å². The van der Waals surface area contributed by atoms with Crippen molar-refractivity contribution >= 4 is 0 Å². The van der Waals surface area contributed by atoms with Crippen LogP contribution in [0.15, 0.2) is 78.9 Å². The largest absolute Gasteiger partial charge is 0.496 e. The molecule has 0 amide bonds. The number of benzene rings is 3. The Balaban J connectivity index is 1.43. The van der Waals surface area contributed by atoms with Gasteiger partial charge in [-0.05, 0) is 66.9 Å². The maximum absolute atomic E-state index is 5.97. The highest BCUT2D eigenvalue weighted by atomic mass is 16.5. The fourth-order valence-corrected chi connectivity index (χ4v) is 9.61. The third-order valence-corrected chi connectivity index (χ3v) is 12.8. The minimum Gasteiger partial charge on any atom is -0.496 e. The van der Waals surface area contributed by atoms with Gasteiger partial charge in [-0.3, -0.25) is 4.90 Å². The molecule has 2 bridgehead atoms. The van der Waals surface area contributed by atoms with Gasteiger partial charge in [-0.25, -0.2) is 0 Å². The summed E-state index contributed by atoms with van der Waals surface area (Å²) in [5, 5.41) is 4.32. The van der Waals surface area contributed by atoms with Crippen molar-refractivity contribution in [3.63, 3.8) is 0 Å². The maximum atomic E-state index is 5.97. The lowest BCUT2D eigenvalue weighted by molar-refractivity contribution is 0.0538. The number of ether oxygens (including phenoxy) is 1. The third-order valence-electron chi connectivity index (χ3n) is 12.8. The van der Waals surface area contributed by atoms with Crippen molar-refractivity contribution in [2.24, 2.45) is 5.92 Å². The van der Waals surface area contributed by atoms with Crippen LogP contribution in [0.2, 0.25) is 0 Å². The second-order valence-electron chi connectivity index (χ2n) is 17.0. The molecule has 3 aromatic rings. The molecule has 2 aliphatic heterocycles. The summed E-state index contributed by atoms with van der Waals surface area (Å²) in [5.41, 5.74) is 5.58. The molecule has 2 heterocycles. The van der Waals surface area contributed by atoms with E-state index in [9.17, 15) is 0 Å². The molecule has 53 heavy (non-hydrogen) atoms. The van der Waals surface area contributed by atoms with E-state index in [0.29, 0.717) is 29.8 Å². The average molecular weight is 721 g/mol. The number of hydrogen-bond donors (Lipinski definition) is 1. The first-order chi connectivity index (χ1) is 26.2. The molecule has 3 nitrogen and oxygen atoms in total. The fraction of sp³-hybridized carbons (Fsp3) is 0.640. The number of nitrogens with zero attached hydrogens (tertiary/aromatic N) is 1. The molecule has 0 saturated carbocycles. The van der Waals surface area contributed by atoms with Crippen molar-refractivity contribution in [1.29, 1.82) is 0 Å². The van der Waals surface area contributed by atoms with Gasteiger partial charge in [0.1, 0.15) is 5.75 Å². The van der Waals surface area contributed by atoms with Crippen LogP contribution in [-0.2, 0) is 6.54 Å². The summed E-state index contributed by atoms with van der Waals surface area (Å²) in [6.07, 6.45) is 29.5. The van der Waals surface area contributed by atoms with Crippen molar-refractivity contribution in [2.45, 2.75) is 179 Å². The summed E-state index contributed by atoms with van der Waals surface area (Å²) >= 11 is 0. The molecule has 0 aliphatic carbocycles. The average Bonchev–Trinajstić information content (AvgIpc) is 3.19. The lowest BCUT2D eigenvalue weighted by Crippen LogP contribution is -2.60. The quantitative estimate of drug-likeness (QED) is 0.251. The van der Waals surface area contributed by atoms with E-state index in [-0.39, 0.29) is 0 Å². The summed E-state index contributed by atoms with van der Waals surface area (Å²) in [4.78, 5) is 2.93. The van der Waals surface area contributed by atoms with Gasteiger partial charge in [0.15, 0.2) is 0 Å². The van der Waals surface area contributed by atoms with E-state index in [1.54, 1.807) is 0 Å². The smallest absolute Gasteiger partial charge is 0.123 e. The normalized spacial score (nSPS) is 24.0. The van der Waals surface area contributed by atoms with Crippen LogP contribution in [0.5, 0.6) is 5.75 Å². The molecule has 4 atom stereocenters. The molecule has 2 fully saturated rings. The molecule has 2 unspecified atom stereocenters. The highest BCUT2D eigenvalue weighted by molar-refractivity contribution is 5.39. The second-order valence-corrected chi connectivity index (χ2v) is 17.0. The van der Waals surface area contributed by atoms with E-state index >= 15 is 0 Å². The minimum absolute atomic E-state index is 0.309. The molecule has 0 spiro atoms. The predicted octanol–water partition coefficient (Wildman–Crippen LogP) is 13.6. The Bertz CT molecular complexity index is 1330. The predicted molar refractivity (Wildman–Crippen MR) is 228 cm³/mol. The summed E-state index contributed by atoms with van der Waals surface area (Å²) in [6.45, 7) is 7.83. The molecule has 5 rings (SSSR count). The Morgan fingerprint density at radius 2 is 1.06 bits per heavy atom. The molecule has 0 aromatic heterocycles. The lowest BCUT2D eigenvalue weighted by atomic mass is 9.72. The highest BCUT2D eigenvalue weighted by Crippen LogP contribution is 2.40. The van der Waals surface area contributed by atoms with Crippen molar-refractivity contribution in [1.82, 2.24) is 10.2 Å². The SMILES string of the molecule is COc1ccc(C(C)C)cc1CN[C@H]1C2CCCCCCCCCCCCCCCCCCCCCN(CC2)[C@H]1C(c1ccccc1)c1ccccc1. The Labute approximate surface area is 326 Å². The first-order valence-electron chi connectivity index (χ1n) is 22.4. The van der Waals surface area contributed by atoms with Gasteiger partial charge in [-0.2, -0.15) is 0 Å². The van der Waals surface area contributed by atoms with Crippen LogP contribution in [0.4, 0.5) is 0 Å². The number of nitrogens with one attached hydrogen (secondary N) is 1. The van der Waals surface area contributed by atoms with Gasteiger partial charge in [0.25, 0.3) is 0 Å². The van der Waals surface area contributed by atoms with Gasteiger partial charge < -0.3 is 10.1 Å². The molecule has 2 aliphatic rings. The zero-order chi connectivity index (χ0) is 36.9. The van der Waals surface area contributed by atoms with Crippen LogP contribution in [0.3, 0.4) is 0 Å². The minimum atomic E-state index is 0.309. The van der Waals surface area contributed by atoms with Gasteiger partial charge in [-0.15, -0.1) is 0 Å². The molecular formula is C50H76N2O. The first kappa shape index (κ1) is 41.5. The van der Waals surface area contributed by atoms with E-state index in [1.165, 1.54) is 170 Å². The number of piperidine rings is 1. The Morgan fingerprint density at radius 1 is 0.566 bits per heavy atom. The number of rotatable bonds is 8. The molecule has 1 N–H and O–H groups in total. The standard InChI is InChI=1S/C50H76N2O/c1-41(2)45-34-35-47(53-3)46(39-45)40-51-49-44-33-23-19-17-15-13-11-9-7-5-4-6-8-10-12-14-16-18-20-28-37-52(38-36-44)50(49)48(42-29-24-21-25-30-42)43-31-26-22-27-32-43/h21-22,24-27,29-32,34-35,39,41,44,48-51H,4-20,23,28,33,36-38,40H2,1-3H3/t44?,49-,50-/m0/s1. The van der Waals surface area contributed by atoms with Gasteiger partial charge in [0, 0.05) is 30.1 Å². The summed E-state index contributed by atoms with van der Waals surface area (Å²) in [6, 6.07) is 30.6. The highest BCUT2D eigenvalue weighted by Gasteiger charge is 2.42. The summed E-state index contributed by atoms with van der Waals surface area (Å²) < 4.78 is 5.97. The van der Waals surface area contributed by atoms with Crippen LogP contribution >= 0.6 is 0 Å². The molecule has 3 aromatic carbocycles. The van der Waals surface area contributed by atoms with E-state index in [1.807, 2.05) is 7.11 Å². The van der Waals surface area contributed by atoms with E-state index < -0.39 is 0 Å². The maximum Gasteiger partial charge on any atom is 0.123 e. The molecule has 0 radical (unpaired) electrons. The van der Waals surface area contributed by atoms with E-state index in [0.717, 1.165) is 12.3 Å². The van der Waals surface area contributed by atoms with Gasteiger partial charge in [0.05, 0.1) is 7.11 Å². The fourth-order valence-electron chi connectivity index (χ4n) is 9.61. The zero-order valence-electron chi connectivity index (χ0n) is 34.2. The molecule has 2 saturated heterocycles. The Kier molecular flexibility index (Phi) is 18.8.